The molecule has 2 rings (SSSR count). The van der Waals surface area contributed by atoms with Crippen molar-refractivity contribution in [2.75, 3.05) is 18.4 Å². The zero-order valence-corrected chi connectivity index (χ0v) is 16.1. The number of sulfonamides is 1. The normalized spacial score (nSPS) is 12.0. The largest absolute Gasteiger partial charge is 0.416 e. The van der Waals surface area contributed by atoms with Crippen molar-refractivity contribution in [1.82, 2.24) is 4.72 Å². The summed E-state index contributed by atoms with van der Waals surface area (Å²) in [5, 5.41) is 13.8. The first-order valence-corrected chi connectivity index (χ1v) is 9.70. The summed E-state index contributed by atoms with van der Waals surface area (Å²) < 4.78 is 64.6. The number of alkyl halides is 3. The summed E-state index contributed by atoms with van der Waals surface area (Å²) in [5.74, 6) is 0. The van der Waals surface area contributed by atoms with Crippen molar-refractivity contribution >= 4 is 44.6 Å². The third-order valence-corrected chi connectivity index (χ3v) is 5.65. The SMILES string of the molecule is O=[N+]([O-])c1cc(C(F)(F)F)ccc1NCCNS(=O)(=O)c1ccc(Cl)c(Cl)c1. The molecule has 0 fully saturated rings. The van der Waals surface area contributed by atoms with Gasteiger partial charge in [0, 0.05) is 19.2 Å². The van der Waals surface area contributed by atoms with Crippen LogP contribution in [0.5, 0.6) is 0 Å². The van der Waals surface area contributed by atoms with E-state index in [0.29, 0.717) is 12.1 Å². The Hall–Kier alpha value is -2.08. The molecule has 0 aliphatic carbocycles. The minimum atomic E-state index is -4.72. The van der Waals surface area contributed by atoms with Gasteiger partial charge in [0.25, 0.3) is 5.69 Å². The third kappa shape index (κ3) is 5.47. The van der Waals surface area contributed by atoms with Crippen molar-refractivity contribution in [3.63, 3.8) is 0 Å². The average molecular weight is 458 g/mol. The highest BCUT2D eigenvalue weighted by molar-refractivity contribution is 7.89. The molecule has 2 aromatic rings. The maximum Gasteiger partial charge on any atom is 0.416 e. The van der Waals surface area contributed by atoms with E-state index in [4.69, 9.17) is 23.2 Å². The van der Waals surface area contributed by atoms with E-state index in [1.807, 2.05) is 0 Å². The molecule has 0 atom stereocenters. The van der Waals surface area contributed by atoms with Gasteiger partial charge in [0.05, 0.1) is 25.4 Å². The van der Waals surface area contributed by atoms with Gasteiger partial charge in [-0.2, -0.15) is 13.2 Å². The zero-order chi connectivity index (χ0) is 21.1. The standard InChI is InChI=1S/C15H12Cl2F3N3O4S/c16-11-3-2-10(8-12(11)17)28(26,27)22-6-5-21-13-4-1-9(15(18,19)20)7-14(13)23(24)25/h1-4,7-8,21-22H,5-6H2. The number of nitro groups is 1. The van der Waals surface area contributed by atoms with Crippen molar-refractivity contribution < 1.29 is 26.5 Å². The van der Waals surface area contributed by atoms with Gasteiger partial charge in [-0.25, -0.2) is 13.1 Å². The molecule has 0 bridgehead atoms. The van der Waals surface area contributed by atoms with Crippen LogP contribution >= 0.6 is 23.2 Å². The Bertz CT molecular complexity index is 1000. The summed E-state index contributed by atoms with van der Waals surface area (Å²) in [4.78, 5) is 9.90. The number of benzene rings is 2. The van der Waals surface area contributed by atoms with Crippen LogP contribution in [0.3, 0.4) is 0 Å². The number of rotatable bonds is 7. The summed E-state index contributed by atoms with van der Waals surface area (Å²) in [6.45, 7) is -0.312. The van der Waals surface area contributed by atoms with Gasteiger partial charge in [-0.1, -0.05) is 23.2 Å². The molecule has 152 valence electrons. The molecule has 0 aliphatic rings. The van der Waals surface area contributed by atoms with Crippen LogP contribution in [0.4, 0.5) is 24.5 Å². The topological polar surface area (TPSA) is 101 Å². The van der Waals surface area contributed by atoms with E-state index < -0.39 is 32.4 Å². The van der Waals surface area contributed by atoms with E-state index in [1.54, 1.807) is 0 Å². The van der Waals surface area contributed by atoms with E-state index in [2.05, 4.69) is 10.0 Å². The van der Waals surface area contributed by atoms with Gasteiger partial charge in [-0.3, -0.25) is 10.1 Å². The summed E-state index contributed by atoms with van der Waals surface area (Å²) >= 11 is 11.5. The van der Waals surface area contributed by atoms with Gasteiger partial charge in [0.1, 0.15) is 5.69 Å². The lowest BCUT2D eigenvalue weighted by Crippen LogP contribution is -2.29. The minimum absolute atomic E-state index is 0.0445. The minimum Gasteiger partial charge on any atom is -0.378 e. The van der Waals surface area contributed by atoms with Gasteiger partial charge in [0.15, 0.2) is 0 Å². The molecule has 2 N–H and O–H groups in total. The molecule has 0 heterocycles. The number of halogens is 5. The van der Waals surface area contributed by atoms with Crippen LogP contribution in [0.15, 0.2) is 41.3 Å². The first kappa shape index (κ1) is 22.2. The number of nitro benzene ring substituents is 1. The van der Waals surface area contributed by atoms with Crippen LogP contribution in [0.1, 0.15) is 5.56 Å². The fourth-order valence-electron chi connectivity index (χ4n) is 2.12. The number of nitrogens with one attached hydrogen (secondary N) is 2. The Morgan fingerprint density at radius 3 is 2.29 bits per heavy atom. The van der Waals surface area contributed by atoms with E-state index >= 15 is 0 Å². The summed E-state index contributed by atoms with van der Waals surface area (Å²) in [6, 6.07) is 5.71. The zero-order valence-electron chi connectivity index (χ0n) is 13.8. The van der Waals surface area contributed by atoms with E-state index in [0.717, 1.165) is 12.1 Å². The number of anilines is 1. The van der Waals surface area contributed by atoms with Gasteiger partial charge in [-0.05, 0) is 30.3 Å². The summed E-state index contributed by atoms with van der Waals surface area (Å²) in [6.07, 6.45) is -4.72. The molecular weight excluding hydrogens is 446 g/mol. The van der Waals surface area contributed by atoms with E-state index in [1.165, 1.54) is 12.1 Å². The van der Waals surface area contributed by atoms with Crippen molar-refractivity contribution in [3.05, 3.63) is 62.1 Å². The molecule has 0 unspecified atom stereocenters. The molecule has 0 saturated carbocycles. The Labute approximate surface area is 167 Å². The van der Waals surface area contributed by atoms with Crippen molar-refractivity contribution in [2.24, 2.45) is 0 Å². The van der Waals surface area contributed by atoms with Crippen LogP contribution in [0, 0.1) is 10.1 Å². The van der Waals surface area contributed by atoms with Gasteiger partial charge in [0.2, 0.25) is 10.0 Å². The number of nitrogens with zero attached hydrogens (tertiary/aromatic N) is 1. The first-order chi connectivity index (χ1) is 12.9. The molecule has 28 heavy (non-hydrogen) atoms. The molecule has 0 aliphatic heterocycles. The first-order valence-electron chi connectivity index (χ1n) is 7.46. The van der Waals surface area contributed by atoms with Gasteiger partial charge < -0.3 is 5.32 Å². The van der Waals surface area contributed by atoms with E-state index in [9.17, 15) is 31.7 Å². The lowest BCUT2D eigenvalue weighted by molar-refractivity contribution is -0.384. The van der Waals surface area contributed by atoms with Crippen LogP contribution in [-0.4, -0.2) is 26.4 Å². The Morgan fingerprint density at radius 2 is 1.71 bits per heavy atom. The molecule has 7 nitrogen and oxygen atoms in total. The third-order valence-electron chi connectivity index (χ3n) is 3.46. The molecule has 0 radical (unpaired) electrons. The maximum atomic E-state index is 12.7. The van der Waals surface area contributed by atoms with Crippen molar-refractivity contribution in [2.45, 2.75) is 11.1 Å². The fourth-order valence-corrected chi connectivity index (χ4v) is 3.54. The average Bonchev–Trinajstić information content (AvgIpc) is 2.60. The fraction of sp³-hybridized carbons (Fsp3) is 0.200. The lowest BCUT2D eigenvalue weighted by Gasteiger charge is -2.11. The molecule has 2 aromatic carbocycles. The second-order valence-corrected chi connectivity index (χ2v) is 7.97. The monoisotopic (exact) mass is 457 g/mol. The predicted molar refractivity (Wildman–Crippen MR) is 98.2 cm³/mol. The lowest BCUT2D eigenvalue weighted by atomic mass is 10.1. The van der Waals surface area contributed by atoms with E-state index in [-0.39, 0.29) is 33.7 Å². The number of hydrogen-bond acceptors (Lipinski definition) is 5. The van der Waals surface area contributed by atoms with Gasteiger partial charge >= 0.3 is 6.18 Å². The van der Waals surface area contributed by atoms with Crippen molar-refractivity contribution in [1.29, 1.82) is 0 Å². The van der Waals surface area contributed by atoms with Crippen molar-refractivity contribution in [3.8, 4) is 0 Å². The van der Waals surface area contributed by atoms with Crippen LogP contribution in [0.2, 0.25) is 10.0 Å². The Balaban J connectivity index is 2.05. The highest BCUT2D eigenvalue weighted by Gasteiger charge is 2.33. The van der Waals surface area contributed by atoms with Crippen LogP contribution < -0.4 is 10.0 Å². The van der Waals surface area contributed by atoms with Gasteiger partial charge in [-0.15, -0.1) is 0 Å². The molecule has 13 heteroatoms. The highest BCUT2D eigenvalue weighted by atomic mass is 35.5. The Morgan fingerprint density at radius 1 is 1.04 bits per heavy atom. The summed E-state index contributed by atoms with van der Waals surface area (Å²) in [5.41, 5.74) is -2.11. The quantitative estimate of drug-likeness (QED) is 0.366. The molecule has 0 spiro atoms. The number of hydrogen-bond donors (Lipinski definition) is 2. The molecular formula is C15H12Cl2F3N3O4S. The second-order valence-electron chi connectivity index (χ2n) is 5.39. The Kier molecular flexibility index (Phi) is 6.75. The highest BCUT2D eigenvalue weighted by Crippen LogP contribution is 2.34. The predicted octanol–water partition coefficient (Wildman–Crippen LogP) is 4.31. The smallest absolute Gasteiger partial charge is 0.378 e. The second kappa shape index (κ2) is 8.52. The van der Waals surface area contributed by atoms with Crippen LogP contribution in [0.25, 0.3) is 0 Å². The molecule has 0 saturated heterocycles. The maximum absolute atomic E-state index is 12.7. The molecule has 0 aromatic heterocycles. The summed E-state index contributed by atoms with van der Waals surface area (Å²) in [7, 11) is -3.92. The molecule has 0 amide bonds. The van der Waals surface area contributed by atoms with Crippen LogP contribution in [-0.2, 0) is 16.2 Å².